The van der Waals surface area contributed by atoms with Crippen molar-refractivity contribution in [2.75, 3.05) is 14.1 Å². The Morgan fingerprint density at radius 1 is 1.14 bits per heavy atom. The third-order valence-electron chi connectivity index (χ3n) is 3.29. The summed E-state index contributed by atoms with van der Waals surface area (Å²) in [6, 6.07) is 15.3. The number of nitrogens with one attached hydrogen (secondary N) is 1. The molecule has 3 rings (SSSR count). The normalized spacial score (nSPS) is 11.0. The Morgan fingerprint density at radius 2 is 1.86 bits per heavy atom. The molecular weight excluding hydrogens is 278 g/mol. The molecule has 0 atom stereocenters. The van der Waals surface area contributed by atoms with E-state index in [1.165, 1.54) is 0 Å². The van der Waals surface area contributed by atoms with Crippen LogP contribution in [-0.4, -0.2) is 40.0 Å². The highest BCUT2D eigenvalue weighted by molar-refractivity contribution is 5.93. The minimum absolute atomic E-state index is 0.122. The summed E-state index contributed by atoms with van der Waals surface area (Å²) in [4.78, 5) is 11.9. The van der Waals surface area contributed by atoms with Gasteiger partial charge >= 0.3 is 0 Å². The highest BCUT2D eigenvalue weighted by atomic mass is 16.2. The fraction of sp³-hybridized carbons (Fsp3) is 0.188. The van der Waals surface area contributed by atoms with Crippen LogP contribution >= 0.6 is 0 Å². The molecule has 1 N–H and O–H groups in total. The van der Waals surface area contributed by atoms with Gasteiger partial charge in [-0.3, -0.25) is 10.2 Å². The van der Waals surface area contributed by atoms with Gasteiger partial charge in [-0.2, -0.15) is 0 Å². The van der Waals surface area contributed by atoms with Crippen LogP contribution in [0.4, 0.5) is 0 Å². The number of fused-ring (bicyclic) bond motifs is 1. The van der Waals surface area contributed by atoms with Crippen LogP contribution in [0.3, 0.4) is 0 Å². The molecule has 22 heavy (non-hydrogen) atoms. The lowest BCUT2D eigenvalue weighted by Crippen LogP contribution is -2.36. The van der Waals surface area contributed by atoms with Gasteiger partial charge in [0.1, 0.15) is 5.52 Å². The minimum Gasteiger partial charge on any atom is -0.285 e. The van der Waals surface area contributed by atoms with Gasteiger partial charge < -0.3 is 0 Å². The Balaban J connectivity index is 1.77. The van der Waals surface area contributed by atoms with Crippen LogP contribution < -0.4 is 5.43 Å². The molecule has 0 fully saturated rings. The molecule has 0 saturated carbocycles. The predicted octanol–water partition coefficient (Wildman–Crippen LogP) is 1.69. The molecule has 2 aromatic carbocycles. The van der Waals surface area contributed by atoms with Crippen molar-refractivity contribution in [2.45, 2.75) is 6.54 Å². The zero-order valence-electron chi connectivity index (χ0n) is 12.5. The first-order valence-corrected chi connectivity index (χ1v) is 6.99. The van der Waals surface area contributed by atoms with E-state index in [0.29, 0.717) is 12.1 Å². The van der Waals surface area contributed by atoms with Gasteiger partial charge in [0.2, 0.25) is 0 Å². The fourth-order valence-electron chi connectivity index (χ4n) is 2.24. The summed E-state index contributed by atoms with van der Waals surface area (Å²) < 4.78 is 1.85. The van der Waals surface area contributed by atoms with Gasteiger partial charge in [-0.1, -0.05) is 29.5 Å². The molecule has 3 aromatic rings. The molecule has 0 bridgehead atoms. The van der Waals surface area contributed by atoms with Crippen LogP contribution in [0, 0.1) is 0 Å². The lowest BCUT2D eigenvalue weighted by Gasteiger charge is -2.12. The van der Waals surface area contributed by atoms with E-state index < -0.39 is 0 Å². The Labute approximate surface area is 128 Å². The maximum absolute atomic E-state index is 11.9. The van der Waals surface area contributed by atoms with Crippen molar-refractivity contribution in [2.24, 2.45) is 0 Å². The zero-order chi connectivity index (χ0) is 15.5. The van der Waals surface area contributed by atoms with Crippen molar-refractivity contribution in [1.29, 1.82) is 0 Å². The van der Waals surface area contributed by atoms with E-state index in [4.69, 9.17) is 0 Å². The van der Waals surface area contributed by atoms with Crippen molar-refractivity contribution in [3.8, 4) is 0 Å². The molecule has 0 radical (unpaired) electrons. The van der Waals surface area contributed by atoms with Crippen molar-refractivity contribution in [3.05, 3.63) is 59.7 Å². The number of carbonyl (C=O) groups is 1. The molecule has 1 amide bonds. The number of amides is 1. The molecule has 0 saturated heterocycles. The second-order valence-corrected chi connectivity index (χ2v) is 5.27. The number of nitrogens with zero attached hydrogens (tertiary/aromatic N) is 4. The lowest BCUT2D eigenvalue weighted by molar-refractivity contribution is 0.0857. The van der Waals surface area contributed by atoms with Crippen LogP contribution in [0.2, 0.25) is 0 Å². The van der Waals surface area contributed by atoms with Crippen LogP contribution in [0.25, 0.3) is 11.0 Å². The number of para-hydroxylation sites is 1. The van der Waals surface area contributed by atoms with Crippen LogP contribution in [0.5, 0.6) is 0 Å². The summed E-state index contributed by atoms with van der Waals surface area (Å²) in [6.07, 6.45) is 0. The number of hydrogen-bond acceptors (Lipinski definition) is 4. The van der Waals surface area contributed by atoms with E-state index in [9.17, 15) is 4.79 Å². The standard InChI is InChI=1S/C16H17N5O/c1-20(2)18-16(22)13-9-7-12(8-10-13)11-21-15-6-4-3-5-14(15)17-19-21/h3-10H,11H2,1-2H3,(H,18,22). The average molecular weight is 295 g/mol. The summed E-state index contributed by atoms with van der Waals surface area (Å²) in [6.45, 7) is 0.621. The van der Waals surface area contributed by atoms with Crippen LogP contribution in [0.15, 0.2) is 48.5 Å². The summed E-state index contributed by atoms with van der Waals surface area (Å²) in [5, 5.41) is 9.93. The van der Waals surface area contributed by atoms with E-state index in [-0.39, 0.29) is 5.91 Å². The molecule has 6 heteroatoms. The molecule has 0 unspecified atom stereocenters. The largest absolute Gasteiger partial charge is 0.285 e. The second kappa shape index (κ2) is 5.95. The third kappa shape index (κ3) is 2.96. The molecule has 1 heterocycles. The quantitative estimate of drug-likeness (QED) is 0.744. The molecule has 0 aliphatic heterocycles. The van der Waals surface area contributed by atoms with E-state index >= 15 is 0 Å². The SMILES string of the molecule is CN(C)NC(=O)c1ccc(Cn2nnc3ccccc32)cc1. The van der Waals surface area contributed by atoms with Crippen molar-refractivity contribution < 1.29 is 4.79 Å². The molecule has 6 nitrogen and oxygen atoms in total. The highest BCUT2D eigenvalue weighted by Crippen LogP contribution is 2.12. The average Bonchev–Trinajstić information content (AvgIpc) is 2.91. The maximum atomic E-state index is 11.9. The summed E-state index contributed by atoms with van der Waals surface area (Å²) in [5.41, 5.74) is 6.28. The van der Waals surface area contributed by atoms with E-state index in [2.05, 4.69) is 15.7 Å². The topological polar surface area (TPSA) is 63.1 Å². The molecule has 0 aliphatic carbocycles. The van der Waals surface area contributed by atoms with Crippen LogP contribution in [-0.2, 0) is 6.54 Å². The predicted molar refractivity (Wildman–Crippen MR) is 84.2 cm³/mol. The smallest absolute Gasteiger partial charge is 0.265 e. The van der Waals surface area contributed by atoms with Gasteiger partial charge in [0.25, 0.3) is 5.91 Å². The number of benzene rings is 2. The first-order chi connectivity index (χ1) is 10.6. The third-order valence-corrected chi connectivity index (χ3v) is 3.29. The Kier molecular flexibility index (Phi) is 3.84. The first-order valence-electron chi connectivity index (χ1n) is 6.99. The summed E-state index contributed by atoms with van der Waals surface area (Å²) in [7, 11) is 3.56. The van der Waals surface area contributed by atoms with Gasteiger partial charge in [-0.15, -0.1) is 5.10 Å². The zero-order valence-corrected chi connectivity index (χ0v) is 12.5. The molecule has 1 aromatic heterocycles. The first kappa shape index (κ1) is 14.2. The Bertz CT molecular complexity index is 792. The van der Waals surface area contributed by atoms with Gasteiger partial charge in [-0.05, 0) is 29.8 Å². The van der Waals surface area contributed by atoms with E-state index in [1.54, 1.807) is 19.1 Å². The number of carbonyl (C=O) groups excluding carboxylic acids is 1. The number of aromatic nitrogens is 3. The van der Waals surface area contributed by atoms with Gasteiger partial charge in [0.15, 0.2) is 0 Å². The summed E-state index contributed by atoms with van der Waals surface area (Å²) >= 11 is 0. The minimum atomic E-state index is -0.122. The highest BCUT2D eigenvalue weighted by Gasteiger charge is 2.07. The number of rotatable bonds is 4. The molecule has 0 aliphatic rings. The van der Waals surface area contributed by atoms with E-state index in [1.807, 2.05) is 53.2 Å². The fourth-order valence-corrected chi connectivity index (χ4v) is 2.24. The number of hydrogen-bond donors (Lipinski definition) is 1. The van der Waals surface area contributed by atoms with Crippen LogP contribution in [0.1, 0.15) is 15.9 Å². The van der Waals surface area contributed by atoms with Gasteiger partial charge in [-0.25, -0.2) is 9.69 Å². The molecule has 112 valence electrons. The molecule has 0 spiro atoms. The Hall–Kier alpha value is -2.73. The van der Waals surface area contributed by atoms with Crippen molar-refractivity contribution in [1.82, 2.24) is 25.4 Å². The number of hydrazine groups is 1. The second-order valence-electron chi connectivity index (χ2n) is 5.27. The van der Waals surface area contributed by atoms with E-state index in [0.717, 1.165) is 16.6 Å². The van der Waals surface area contributed by atoms with Crippen molar-refractivity contribution >= 4 is 16.9 Å². The lowest BCUT2D eigenvalue weighted by atomic mass is 10.1. The van der Waals surface area contributed by atoms with Crippen molar-refractivity contribution in [3.63, 3.8) is 0 Å². The summed E-state index contributed by atoms with van der Waals surface area (Å²) in [5.74, 6) is -0.122. The molecular formula is C16H17N5O. The van der Waals surface area contributed by atoms with Gasteiger partial charge in [0.05, 0.1) is 12.1 Å². The van der Waals surface area contributed by atoms with Gasteiger partial charge in [0, 0.05) is 19.7 Å². The Morgan fingerprint density at radius 3 is 2.59 bits per heavy atom. The monoisotopic (exact) mass is 295 g/mol. The maximum Gasteiger partial charge on any atom is 0.265 e.